The number of aromatic nitrogens is 2. The van der Waals surface area contributed by atoms with Crippen LogP contribution in [0.15, 0.2) is 72.8 Å². The van der Waals surface area contributed by atoms with Gasteiger partial charge in [0.05, 0.1) is 0 Å². The molecule has 0 saturated carbocycles. The molecule has 4 aromatic rings. The molecule has 2 nitrogen and oxygen atoms in total. The molecule has 0 aliphatic carbocycles. The van der Waals surface area contributed by atoms with E-state index in [0.717, 1.165) is 20.3 Å². The Morgan fingerprint density at radius 2 is 0.909 bits per heavy atom. The zero-order valence-electron chi connectivity index (χ0n) is 11.7. The molecule has 0 atom stereocenters. The van der Waals surface area contributed by atoms with Crippen LogP contribution in [0.5, 0.6) is 0 Å². The fourth-order valence-electron chi connectivity index (χ4n) is 2.19. The molecule has 2 N–H and O–H groups in total. The molecule has 2 heterocycles. The van der Waals surface area contributed by atoms with Crippen molar-refractivity contribution in [2.45, 2.75) is 0 Å². The minimum Gasteiger partial charge on any atom is -0.346 e. The summed E-state index contributed by atoms with van der Waals surface area (Å²) in [5.41, 5.74) is 2.19. The molecular weight excluding hydrogens is 308 g/mol. The number of para-hydroxylation sites is 2. The number of H-pyrrole nitrogens is 2. The van der Waals surface area contributed by atoms with Crippen LogP contribution in [0.3, 0.4) is 0 Å². The van der Waals surface area contributed by atoms with Crippen LogP contribution in [0.1, 0.15) is 0 Å². The van der Waals surface area contributed by atoms with Crippen molar-refractivity contribution >= 4 is 46.2 Å². The van der Waals surface area contributed by atoms with E-state index < -0.39 is 0 Å². The van der Waals surface area contributed by atoms with Crippen molar-refractivity contribution in [3.8, 4) is 0 Å². The van der Waals surface area contributed by atoms with Gasteiger partial charge in [-0.2, -0.15) is 0 Å². The third-order valence-electron chi connectivity index (χ3n) is 3.27. The van der Waals surface area contributed by atoms with Gasteiger partial charge in [-0.25, -0.2) is 0 Å². The van der Waals surface area contributed by atoms with Crippen LogP contribution in [0, 0.1) is 9.28 Å². The molecule has 0 saturated heterocycles. The van der Waals surface area contributed by atoms with Crippen molar-refractivity contribution in [3.63, 3.8) is 0 Å². The molecule has 0 aliphatic rings. The second-order valence-electron chi connectivity index (χ2n) is 4.82. The fourth-order valence-corrected chi connectivity index (χ4v) is 2.55. The predicted molar refractivity (Wildman–Crippen MR) is 98.3 cm³/mol. The first kappa shape index (κ1) is 14.6. The monoisotopic (exact) mass is 322 g/mol. The molecule has 4 heteroatoms. The molecule has 0 bridgehead atoms. The minimum atomic E-state index is 0.781. The number of nitrogens with one attached hydrogen (secondary N) is 2. The molecule has 22 heavy (non-hydrogen) atoms. The van der Waals surface area contributed by atoms with E-state index in [0.29, 0.717) is 0 Å². The number of benzene rings is 2. The summed E-state index contributed by atoms with van der Waals surface area (Å²) in [5, 5.41) is 2.39. The zero-order valence-corrected chi connectivity index (χ0v) is 13.4. The zero-order chi connectivity index (χ0) is 15.4. The van der Waals surface area contributed by atoms with E-state index in [1.54, 1.807) is 0 Å². The standard InChI is InChI=1S/2C9H7NS/c2*11-9-6-5-7-3-1-2-4-8(7)10-9/h2*1-6H,(H,10,11). The average molecular weight is 322 g/mol. The number of hydrogen-bond donors (Lipinski definition) is 2. The molecule has 0 radical (unpaired) electrons. The SMILES string of the molecule is S=c1ccc2ccccc2[nH]1.S=c1ccc2ccccc2[nH]1. The highest BCUT2D eigenvalue weighted by molar-refractivity contribution is 7.71. The van der Waals surface area contributed by atoms with Gasteiger partial charge < -0.3 is 9.97 Å². The number of rotatable bonds is 0. The highest BCUT2D eigenvalue weighted by Gasteiger charge is 1.88. The van der Waals surface area contributed by atoms with Crippen LogP contribution in [0.2, 0.25) is 0 Å². The second-order valence-corrected chi connectivity index (χ2v) is 5.70. The summed E-state index contributed by atoms with van der Waals surface area (Å²) in [6.45, 7) is 0. The van der Waals surface area contributed by atoms with Gasteiger partial charge in [0.2, 0.25) is 0 Å². The van der Waals surface area contributed by atoms with Crippen molar-refractivity contribution in [2.75, 3.05) is 0 Å². The third-order valence-corrected chi connectivity index (χ3v) is 3.74. The van der Waals surface area contributed by atoms with E-state index in [-0.39, 0.29) is 0 Å². The maximum atomic E-state index is 4.98. The van der Waals surface area contributed by atoms with E-state index in [9.17, 15) is 0 Å². The number of pyridine rings is 2. The van der Waals surface area contributed by atoms with Crippen LogP contribution in [0.25, 0.3) is 21.8 Å². The highest BCUT2D eigenvalue weighted by Crippen LogP contribution is 2.10. The Labute approximate surface area is 138 Å². The predicted octanol–water partition coefficient (Wildman–Crippen LogP) is 5.79. The maximum Gasteiger partial charge on any atom is 0.103 e. The summed E-state index contributed by atoms with van der Waals surface area (Å²) in [6.07, 6.45) is 0. The highest BCUT2D eigenvalue weighted by atomic mass is 32.1. The van der Waals surface area contributed by atoms with Crippen molar-refractivity contribution in [1.82, 2.24) is 9.97 Å². The van der Waals surface area contributed by atoms with E-state index in [2.05, 4.69) is 22.1 Å². The first-order valence-electron chi connectivity index (χ1n) is 6.88. The van der Waals surface area contributed by atoms with E-state index in [4.69, 9.17) is 24.4 Å². The van der Waals surface area contributed by atoms with Gasteiger partial charge in [-0.05, 0) is 47.2 Å². The van der Waals surface area contributed by atoms with Gasteiger partial charge in [0, 0.05) is 11.0 Å². The Morgan fingerprint density at radius 3 is 1.36 bits per heavy atom. The maximum absolute atomic E-state index is 4.98. The summed E-state index contributed by atoms with van der Waals surface area (Å²) in [5.74, 6) is 0. The third kappa shape index (κ3) is 3.47. The average Bonchev–Trinajstić information content (AvgIpc) is 2.55. The van der Waals surface area contributed by atoms with Crippen LogP contribution < -0.4 is 0 Å². The molecule has 4 rings (SSSR count). The Hall–Kier alpha value is -2.30. The molecular formula is C18H14N2S2. The molecule has 0 fully saturated rings. The quantitative estimate of drug-likeness (QED) is 0.401. The van der Waals surface area contributed by atoms with Crippen LogP contribution in [0.4, 0.5) is 0 Å². The molecule has 0 aliphatic heterocycles. The lowest BCUT2D eigenvalue weighted by Crippen LogP contribution is -1.76. The van der Waals surface area contributed by atoms with Crippen molar-refractivity contribution in [3.05, 3.63) is 82.1 Å². The van der Waals surface area contributed by atoms with Crippen molar-refractivity contribution < 1.29 is 0 Å². The van der Waals surface area contributed by atoms with Gasteiger partial charge in [0.1, 0.15) is 9.28 Å². The van der Waals surface area contributed by atoms with Crippen LogP contribution >= 0.6 is 24.4 Å². The van der Waals surface area contributed by atoms with Gasteiger partial charge >= 0.3 is 0 Å². The van der Waals surface area contributed by atoms with Gasteiger partial charge in [-0.1, -0.05) is 60.8 Å². The fraction of sp³-hybridized carbons (Fsp3) is 0. The lowest BCUT2D eigenvalue weighted by atomic mass is 10.2. The Balaban J connectivity index is 0.000000131. The van der Waals surface area contributed by atoms with Gasteiger partial charge in [0.25, 0.3) is 0 Å². The Kier molecular flexibility index (Phi) is 4.42. The molecule has 0 spiro atoms. The summed E-state index contributed by atoms with van der Waals surface area (Å²) in [6, 6.07) is 24.0. The van der Waals surface area contributed by atoms with Crippen LogP contribution in [-0.2, 0) is 0 Å². The lowest BCUT2D eigenvalue weighted by molar-refractivity contribution is 1.38. The van der Waals surface area contributed by atoms with E-state index in [1.807, 2.05) is 60.7 Å². The number of hydrogen-bond acceptors (Lipinski definition) is 2. The molecule has 2 aromatic carbocycles. The lowest BCUT2D eigenvalue weighted by Gasteiger charge is -1.94. The topological polar surface area (TPSA) is 31.6 Å². The summed E-state index contributed by atoms with van der Waals surface area (Å²) in [4.78, 5) is 6.21. The number of aromatic amines is 2. The summed E-state index contributed by atoms with van der Waals surface area (Å²) in [7, 11) is 0. The van der Waals surface area contributed by atoms with Crippen LogP contribution in [-0.4, -0.2) is 9.97 Å². The second kappa shape index (κ2) is 6.64. The van der Waals surface area contributed by atoms with Gasteiger partial charge in [-0.15, -0.1) is 0 Å². The molecule has 0 unspecified atom stereocenters. The molecule has 108 valence electrons. The van der Waals surface area contributed by atoms with Gasteiger partial charge in [-0.3, -0.25) is 0 Å². The Bertz CT molecular complexity index is 946. The van der Waals surface area contributed by atoms with Crippen molar-refractivity contribution in [2.24, 2.45) is 0 Å². The Morgan fingerprint density at radius 1 is 0.500 bits per heavy atom. The largest absolute Gasteiger partial charge is 0.346 e. The smallest absolute Gasteiger partial charge is 0.103 e. The van der Waals surface area contributed by atoms with Crippen molar-refractivity contribution in [1.29, 1.82) is 0 Å². The molecule has 0 amide bonds. The first-order valence-corrected chi connectivity index (χ1v) is 7.70. The summed E-state index contributed by atoms with van der Waals surface area (Å²) < 4.78 is 1.56. The van der Waals surface area contributed by atoms with Gasteiger partial charge in [0.15, 0.2) is 0 Å². The number of fused-ring (bicyclic) bond motifs is 2. The normalized spacial score (nSPS) is 10.2. The molecule has 2 aromatic heterocycles. The first-order chi connectivity index (χ1) is 10.7. The summed E-state index contributed by atoms with van der Waals surface area (Å²) >= 11 is 9.97. The minimum absolute atomic E-state index is 0.781. The van der Waals surface area contributed by atoms with E-state index >= 15 is 0 Å². The van der Waals surface area contributed by atoms with E-state index in [1.165, 1.54) is 10.8 Å².